The lowest BCUT2D eigenvalue weighted by Crippen LogP contribution is -2.29. The third kappa shape index (κ3) is 3.37. The van der Waals surface area contributed by atoms with Crippen LogP contribution in [-0.2, 0) is 4.79 Å². The molecule has 1 N–H and O–H groups in total. The van der Waals surface area contributed by atoms with Crippen LogP contribution in [0.5, 0.6) is 0 Å². The first-order valence-electron chi connectivity index (χ1n) is 7.21. The Morgan fingerprint density at radius 3 is 1.92 bits per heavy atom. The van der Waals surface area contributed by atoms with E-state index < -0.39 is 30.3 Å². The van der Waals surface area contributed by atoms with Gasteiger partial charge >= 0.3 is 6.18 Å². The lowest BCUT2D eigenvalue weighted by molar-refractivity contribution is -0.150. The van der Waals surface area contributed by atoms with E-state index in [0.29, 0.717) is 0 Å². The monoisotopic (exact) mass is 348 g/mol. The van der Waals surface area contributed by atoms with Crippen LogP contribution in [0.15, 0.2) is 48.5 Å². The molecular formula is C17H11F3N2O3. The van der Waals surface area contributed by atoms with E-state index in [9.17, 15) is 27.6 Å². The molecule has 3 rings (SSSR count). The van der Waals surface area contributed by atoms with Gasteiger partial charge in [-0.15, -0.1) is 0 Å². The third-order valence-electron chi connectivity index (χ3n) is 3.56. The summed E-state index contributed by atoms with van der Waals surface area (Å²) in [6.07, 6.45) is -6.18. The summed E-state index contributed by atoms with van der Waals surface area (Å²) in [5.74, 6) is -2.15. The van der Waals surface area contributed by atoms with E-state index in [4.69, 9.17) is 0 Å². The predicted octanol–water partition coefficient (Wildman–Crippen LogP) is 3.38. The first-order valence-corrected chi connectivity index (χ1v) is 7.21. The number of imide groups is 1. The molecule has 2 aromatic rings. The standard InChI is InChI=1S/C17H11F3N2O3/c18-17(19,20)9-14(23)21-10-5-7-11(8-6-10)22-15(24)12-3-1-2-4-13(12)16(22)25/h1-8H,9H2,(H,21,23). The predicted molar refractivity (Wildman–Crippen MR) is 83.3 cm³/mol. The van der Waals surface area contributed by atoms with Gasteiger partial charge in [-0.1, -0.05) is 12.1 Å². The smallest absolute Gasteiger partial charge is 0.326 e. The van der Waals surface area contributed by atoms with Crippen molar-refractivity contribution in [2.75, 3.05) is 10.2 Å². The summed E-state index contributed by atoms with van der Waals surface area (Å²) in [5, 5.41) is 2.11. The second kappa shape index (κ2) is 6.04. The van der Waals surface area contributed by atoms with Gasteiger partial charge in [0.2, 0.25) is 5.91 Å². The van der Waals surface area contributed by atoms with Gasteiger partial charge in [0.15, 0.2) is 0 Å². The number of nitrogens with one attached hydrogen (secondary N) is 1. The van der Waals surface area contributed by atoms with Crippen LogP contribution in [-0.4, -0.2) is 23.9 Å². The molecule has 3 amide bonds. The van der Waals surface area contributed by atoms with Crippen molar-refractivity contribution < 1.29 is 27.6 Å². The Morgan fingerprint density at radius 1 is 0.920 bits per heavy atom. The minimum Gasteiger partial charge on any atom is -0.326 e. The highest BCUT2D eigenvalue weighted by atomic mass is 19.4. The van der Waals surface area contributed by atoms with Gasteiger partial charge in [-0.2, -0.15) is 13.2 Å². The maximum Gasteiger partial charge on any atom is 0.397 e. The summed E-state index contributed by atoms with van der Waals surface area (Å²) in [5.41, 5.74) is 0.972. The van der Waals surface area contributed by atoms with Crippen molar-refractivity contribution in [1.29, 1.82) is 0 Å². The number of halogens is 3. The molecule has 128 valence electrons. The van der Waals surface area contributed by atoms with Gasteiger partial charge in [0, 0.05) is 5.69 Å². The lowest BCUT2D eigenvalue weighted by Gasteiger charge is -2.14. The van der Waals surface area contributed by atoms with Gasteiger partial charge in [-0.25, -0.2) is 4.90 Å². The molecule has 0 radical (unpaired) electrons. The Morgan fingerprint density at radius 2 is 1.44 bits per heavy atom. The van der Waals surface area contributed by atoms with E-state index in [0.717, 1.165) is 4.90 Å². The van der Waals surface area contributed by atoms with Crippen LogP contribution < -0.4 is 10.2 Å². The SMILES string of the molecule is O=C(CC(F)(F)F)Nc1ccc(N2C(=O)c3ccccc3C2=O)cc1. The van der Waals surface area contributed by atoms with Gasteiger partial charge in [-0.05, 0) is 36.4 Å². The maximum absolute atomic E-state index is 12.3. The highest BCUT2D eigenvalue weighted by Gasteiger charge is 2.36. The molecule has 0 saturated carbocycles. The maximum atomic E-state index is 12.3. The number of benzene rings is 2. The Kier molecular flexibility index (Phi) is 4.03. The van der Waals surface area contributed by atoms with E-state index in [1.54, 1.807) is 24.3 Å². The lowest BCUT2D eigenvalue weighted by atomic mass is 10.1. The number of amides is 3. The first kappa shape index (κ1) is 16.7. The molecule has 0 aromatic heterocycles. The van der Waals surface area contributed by atoms with Crippen molar-refractivity contribution in [2.45, 2.75) is 12.6 Å². The van der Waals surface area contributed by atoms with Gasteiger partial charge in [-0.3, -0.25) is 14.4 Å². The topological polar surface area (TPSA) is 66.5 Å². The molecular weight excluding hydrogens is 337 g/mol. The number of rotatable bonds is 3. The second-order valence-electron chi connectivity index (χ2n) is 5.38. The number of anilines is 2. The Bertz CT molecular complexity index is 825. The highest BCUT2D eigenvalue weighted by Crippen LogP contribution is 2.29. The Labute approximate surface area is 140 Å². The second-order valence-corrected chi connectivity index (χ2v) is 5.38. The molecule has 0 fully saturated rings. The summed E-state index contributed by atoms with van der Waals surface area (Å²) in [7, 11) is 0. The molecule has 0 spiro atoms. The number of hydrogen-bond donors (Lipinski definition) is 1. The molecule has 1 heterocycles. The number of carbonyl (C=O) groups excluding carboxylic acids is 3. The zero-order valence-electron chi connectivity index (χ0n) is 12.6. The summed E-state index contributed by atoms with van der Waals surface area (Å²) in [6, 6.07) is 11.8. The summed E-state index contributed by atoms with van der Waals surface area (Å²) < 4.78 is 36.5. The molecule has 0 bridgehead atoms. The zero-order valence-corrected chi connectivity index (χ0v) is 12.6. The first-order chi connectivity index (χ1) is 11.8. The van der Waals surface area contributed by atoms with Gasteiger partial charge in [0.1, 0.15) is 6.42 Å². The van der Waals surface area contributed by atoms with Gasteiger partial charge < -0.3 is 5.32 Å². The zero-order chi connectivity index (χ0) is 18.2. The Balaban J connectivity index is 1.77. The quantitative estimate of drug-likeness (QED) is 0.865. The van der Waals surface area contributed by atoms with Crippen molar-refractivity contribution in [1.82, 2.24) is 0 Å². The number of nitrogens with zero attached hydrogens (tertiary/aromatic N) is 1. The summed E-state index contributed by atoms with van der Waals surface area (Å²) >= 11 is 0. The van der Waals surface area contributed by atoms with Crippen LogP contribution in [0.1, 0.15) is 27.1 Å². The van der Waals surface area contributed by atoms with E-state index in [-0.39, 0.29) is 22.5 Å². The summed E-state index contributed by atoms with van der Waals surface area (Å²) in [6.45, 7) is 0. The molecule has 0 atom stereocenters. The number of carbonyl (C=O) groups is 3. The summed E-state index contributed by atoms with van der Waals surface area (Å²) in [4.78, 5) is 36.9. The number of alkyl halides is 3. The van der Waals surface area contributed by atoms with Crippen molar-refractivity contribution >= 4 is 29.1 Å². The molecule has 1 aliphatic heterocycles. The third-order valence-corrected chi connectivity index (χ3v) is 3.56. The van der Waals surface area contributed by atoms with E-state index in [1.807, 2.05) is 0 Å². The van der Waals surface area contributed by atoms with Crippen molar-refractivity contribution in [3.8, 4) is 0 Å². The molecule has 0 unspecified atom stereocenters. The highest BCUT2D eigenvalue weighted by molar-refractivity contribution is 6.34. The van der Waals surface area contributed by atoms with Gasteiger partial charge in [0.25, 0.3) is 11.8 Å². The molecule has 1 aliphatic rings. The van der Waals surface area contributed by atoms with E-state index in [1.165, 1.54) is 24.3 Å². The Hall–Kier alpha value is -3.16. The number of hydrogen-bond acceptors (Lipinski definition) is 3. The van der Waals surface area contributed by atoms with Crippen LogP contribution >= 0.6 is 0 Å². The van der Waals surface area contributed by atoms with Crippen molar-refractivity contribution in [3.63, 3.8) is 0 Å². The molecule has 2 aromatic carbocycles. The van der Waals surface area contributed by atoms with E-state index in [2.05, 4.69) is 5.32 Å². The van der Waals surface area contributed by atoms with Crippen molar-refractivity contribution in [3.05, 3.63) is 59.7 Å². The fourth-order valence-electron chi connectivity index (χ4n) is 2.50. The average Bonchev–Trinajstić information content (AvgIpc) is 2.79. The molecule has 8 heteroatoms. The fourth-order valence-corrected chi connectivity index (χ4v) is 2.50. The minimum absolute atomic E-state index is 0.134. The van der Waals surface area contributed by atoms with E-state index >= 15 is 0 Å². The average molecular weight is 348 g/mol. The van der Waals surface area contributed by atoms with Crippen LogP contribution in [0, 0.1) is 0 Å². The molecule has 25 heavy (non-hydrogen) atoms. The normalized spacial score (nSPS) is 13.8. The number of fused-ring (bicyclic) bond motifs is 1. The minimum atomic E-state index is -4.59. The van der Waals surface area contributed by atoms with Crippen LogP contribution in [0.4, 0.5) is 24.5 Å². The van der Waals surface area contributed by atoms with Crippen LogP contribution in [0.3, 0.4) is 0 Å². The fraction of sp³-hybridized carbons (Fsp3) is 0.118. The molecule has 0 aliphatic carbocycles. The van der Waals surface area contributed by atoms with Crippen molar-refractivity contribution in [2.24, 2.45) is 0 Å². The molecule has 5 nitrogen and oxygen atoms in total. The van der Waals surface area contributed by atoms with Crippen LogP contribution in [0.25, 0.3) is 0 Å². The van der Waals surface area contributed by atoms with Crippen LogP contribution in [0.2, 0.25) is 0 Å². The molecule has 0 saturated heterocycles. The largest absolute Gasteiger partial charge is 0.397 e. The van der Waals surface area contributed by atoms with Gasteiger partial charge in [0.05, 0.1) is 16.8 Å².